The van der Waals surface area contributed by atoms with E-state index < -0.39 is 0 Å². The molecule has 1 aliphatic carbocycles. The molecule has 0 unspecified atom stereocenters. The maximum atomic E-state index is 12.3. The van der Waals surface area contributed by atoms with Gasteiger partial charge in [0.1, 0.15) is 0 Å². The van der Waals surface area contributed by atoms with E-state index in [9.17, 15) is 9.59 Å². The Bertz CT molecular complexity index is 610. The minimum atomic E-state index is -0.122. The molecule has 0 saturated carbocycles. The van der Waals surface area contributed by atoms with Crippen LogP contribution < -0.4 is 10.6 Å². The van der Waals surface area contributed by atoms with Crippen molar-refractivity contribution < 1.29 is 14.7 Å². The number of aliphatic hydroxyl groups is 1. The van der Waals surface area contributed by atoms with E-state index >= 15 is 0 Å². The van der Waals surface area contributed by atoms with Gasteiger partial charge in [0.05, 0.1) is 0 Å². The van der Waals surface area contributed by atoms with Gasteiger partial charge in [-0.2, -0.15) is 0 Å². The third-order valence-corrected chi connectivity index (χ3v) is 3.99. The van der Waals surface area contributed by atoms with Crippen LogP contribution in [-0.2, 0) is 11.2 Å². The van der Waals surface area contributed by atoms with E-state index in [0.717, 1.165) is 17.7 Å². The first kappa shape index (κ1) is 13.8. The van der Waals surface area contributed by atoms with Crippen molar-refractivity contribution in [2.45, 2.75) is 25.3 Å². The maximum absolute atomic E-state index is 12.3. The van der Waals surface area contributed by atoms with Crippen molar-refractivity contribution in [3.63, 3.8) is 0 Å². The SMILES string of the molecule is O=C1CCc2cc(C(=O)N[C@@H]3C=C[C@H](CO)C3)ccc2N1. The first-order valence-electron chi connectivity index (χ1n) is 7.18. The summed E-state index contributed by atoms with van der Waals surface area (Å²) in [6.07, 6.45) is 5.73. The van der Waals surface area contributed by atoms with Gasteiger partial charge in [0, 0.05) is 36.2 Å². The average Bonchev–Trinajstić information content (AvgIpc) is 2.94. The van der Waals surface area contributed by atoms with Crippen LogP contribution in [0.4, 0.5) is 5.69 Å². The number of benzene rings is 1. The highest BCUT2D eigenvalue weighted by Crippen LogP contribution is 2.24. The molecule has 2 atom stereocenters. The zero-order valence-electron chi connectivity index (χ0n) is 11.6. The number of carbonyl (C=O) groups excluding carboxylic acids is 2. The van der Waals surface area contributed by atoms with Crippen LogP contribution in [0.25, 0.3) is 0 Å². The first-order valence-corrected chi connectivity index (χ1v) is 7.18. The molecule has 5 heteroatoms. The summed E-state index contributed by atoms with van der Waals surface area (Å²) in [5, 5.41) is 14.8. The number of carbonyl (C=O) groups is 2. The number of hydrogen-bond donors (Lipinski definition) is 3. The molecule has 1 aliphatic heterocycles. The Labute approximate surface area is 123 Å². The zero-order chi connectivity index (χ0) is 14.8. The molecule has 0 radical (unpaired) electrons. The highest BCUT2D eigenvalue weighted by molar-refractivity contribution is 5.98. The molecule has 21 heavy (non-hydrogen) atoms. The Kier molecular flexibility index (Phi) is 3.75. The van der Waals surface area contributed by atoms with Crippen molar-refractivity contribution in [1.29, 1.82) is 0 Å². The normalized spacial score (nSPS) is 23.6. The highest BCUT2D eigenvalue weighted by atomic mass is 16.3. The number of fused-ring (bicyclic) bond motifs is 1. The predicted octanol–water partition coefficient (Wildman–Crippen LogP) is 1.24. The van der Waals surface area contributed by atoms with E-state index in [-0.39, 0.29) is 30.4 Å². The maximum Gasteiger partial charge on any atom is 0.251 e. The lowest BCUT2D eigenvalue weighted by Gasteiger charge is -2.18. The first-order chi connectivity index (χ1) is 10.2. The summed E-state index contributed by atoms with van der Waals surface area (Å²) in [6.45, 7) is 0.113. The predicted molar refractivity (Wildman–Crippen MR) is 79.0 cm³/mol. The largest absolute Gasteiger partial charge is 0.396 e. The molecule has 1 heterocycles. The molecule has 3 N–H and O–H groups in total. The molecule has 5 nitrogen and oxygen atoms in total. The van der Waals surface area contributed by atoms with Crippen molar-refractivity contribution in [3.8, 4) is 0 Å². The molecule has 0 saturated heterocycles. The quantitative estimate of drug-likeness (QED) is 0.731. The Hall–Kier alpha value is -2.14. The van der Waals surface area contributed by atoms with E-state index in [4.69, 9.17) is 5.11 Å². The topological polar surface area (TPSA) is 78.4 Å². The fraction of sp³-hybridized carbons (Fsp3) is 0.375. The summed E-state index contributed by atoms with van der Waals surface area (Å²) in [5.74, 6) is 0.0304. The van der Waals surface area contributed by atoms with Crippen molar-refractivity contribution >= 4 is 17.5 Å². The van der Waals surface area contributed by atoms with Crippen LogP contribution in [0.3, 0.4) is 0 Å². The molecular weight excluding hydrogens is 268 g/mol. The number of aliphatic hydroxyl groups excluding tert-OH is 1. The number of aryl methyl sites for hydroxylation is 1. The number of hydrogen-bond acceptors (Lipinski definition) is 3. The third kappa shape index (κ3) is 2.97. The monoisotopic (exact) mass is 286 g/mol. The van der Waals surface area contributed by atoms with Gasteiger partial charge >= 0.3 is 0 Å². The van der Waals surface area contributed by atoms with Crippen molar-refractivity contribution in [2.75, 3.05) is 11.9 Å². The number of nitrogens with one attached hydrogen (secondary N) is 2. The molecule has 0 aromatic heterocycles. The van der Waals surface area contributed by atoms with Crippen LogP contribution in [0.2, 0.25) is 0 Å². The Morgan fingerprint density at radius 3 is 2.95 bits per heavy atom. The molecule has 0 bridgehead atoms. The summed E-state index contributed by atoms with van der Waals surface area (Å²) in [6, 6.07) is 5.32. The molecule has 0 spiro atoms. The van der Waals surface area contributed by atoms with Gasteiger partial charge in [0.25, 0.3) is 5.91 Å². The van der Waals surface area contributed by atoms with Crippen LogP contribution in [0.1, 0.15) is 28.8 Å². The molecule has 1 aromatic carbocycles. The van der Waals surface area contributed by atoms with E-state index in [1.54, 1.807) is 12.1 Å². The van der Waals surface area contributed by atoms with Crippen LogP contribution >= 0.6 is 0 Å². The molecule has 0 fully saturated rings. The van der Waals surface area contributed by atoms with E-state index in [1.165, 1.54) is 0 Å². The van der Waals surface area contributed by atoms with Gasteiger partial charge in [0.2, 0.25) is 5.91 Å². The van der Waals surface area contributed by atoms with Crippen LogP contribution in [0, 0.1) is 5.92 Å². The smallest absolute Gasteiger partial charge is 0.251 e. The van der Waals surface area contributed by atoms with Gasteiger partial charge < -0.3 is 15.7 Å². The summed E-state index contributed by atoms with van der Waals surface area (Å²) < 4.78 is 0. The van der Waals surface area contributed by atoms with Gasteiger partial charge in [-0.1, -0.05) is 12.2 Å². The second-order valence-electron chi connectivity index (χ2n) is 5.56. The Morgan fingerprint density at radius 2 is 2.19 bits per heavy atom. The number of rotatable bonds is 3. The minimum Gasteiger partial charge on any atom is -0.396 e. The van der Waals surface area contributed by atoms with Gasteiger partial charge in [-0.25, -0.2) is 0 Å². The minimum absolute atomic E-state index is 0.0193. The third-order valence-electron chi connectivity index (χ3n) is 3.99. The summed E-state index contributed by atoms with van der Waals surface area (Å²) in [4.78, 5) is 23.6. The van der Waals surface area contributed by atoms with E-state index in [2.05, 4.69) is 10.6 Å². The Morgan fingerprint density at radius 1 is 1.33 bits per heavy atom. The fourth-order valence-corrected chi connectivity index (χ4v) is 2.79. The highest BCUT2D eigenvalue weighted by Gasteiger charge is 2.21. The van der Waals surface area contributed by atoms with Crippen molar-refractivity contribution in [1.82, 2.24) is 5.32 Å². The lowest BCUT2D eigenvalue weighted by atomic mass is 10.00. The molecule has 110 valence electrons. The van der Waals surface area contributed by atoms with Gasteiger partial charge in [-0.15, -0.1) is 0 Å². The molecule has 2 amide bonds. The summed E-state index contributed by atoms with van der Waals surface area (Å²) in [5.41, 5.74) is 2.40. The molecule has 2 aliphatic rings. The lowest BCUT2D eigenvalue weighted by Crippen LogP contribution is -2.33. The second-order valence-corrected chi connectivity index (χ2v) is 5.56. The second kappa shape index (κ2) is 5.69. The number of anilines is 1. The molecule has 3 rings (SSSR count). The van der Waals surface area contributed by atoms with E-state index in [1.807, 2.05) is 18.2 Å². The Balaban J connectivity index is 1.68. The summed E-state index contributed by atoms with van der Waals surface area (Å²) >= 11 is 0. The number of amides is 2. The molecular formula is C16H18N2O3. The van der Waals surface area contributed by atoms with Crippen LogP contribution in [0.15, 0.2) is 30.4 Å². The standard InChI is InChI=1S/C16H18N2O3/c19-9-10-1-4-13(7-10)17-16(21)12-2-5-14-11(8-12)3-6-15(20)18-14/h1-2,4-5,8,10,13,19H,3,6-7,9H2,(H,17,21)(H,18,20)/t10-,13+/m0/s1. The fourth-order valence-electron chi connectivity index (χ4n) is 2.79. The van der Waals surface area contributed by atoms with Gasteiger partial charge in [-0.05, 0) is 36.6 Å². The van der Waals surface area contributed by atoms with Gasteiger partial charge in [0.15, 0.2) is 0 Å². The van der Waals surface area contributed by atoms with Gasteiger partial charge in [-0.3, -0.25) is 9.59 Å². The van der Waals surface area contributed by atoms with Crippen LogP contribution in [0.5, 0.6) is 0 Å². The van der Waals surface area contributed by atoms with E-state index in [0.29, 0.717) is 18.4 Å². The van der Waals surface area contributed by atoms with Crippen LogP contribution in [-0.4, -0.2) is 29.6 Å². The average molecular weight is 286 g/mol. The summed E-state index contributed by atoms with van der Waals surface area (Å²) in [7, 11) is 0. The zero-order valence-corrected chi connectivity index (χ0v) is 11.6. The molecule has 1 aromatic rings. The van der Waals surface area contributed by atoms with Crippen molar-refractivity contribution in [2.24, 2.45) is 5.92 Å². The lowest BCUT2D eigenvalue weighted by molar-refractivity contribution is -0.116. The van der Waals surface area contributed by atoms with Crippen molar-refractivity contribution in [3.05, 3.63) is 41.5 Å².